The molecule has 0 amide bonds. The van der Waals surface area contributed by atoms with Crippen molar-refractivity contribution in [3.63, 3.8) is 0 Å². The lowest BCUT2D eigenvalue weighted by atomic mass is 10.2. The predicted octanol–water partition coefficient (Wildman–Crippen LogP) is 5.86. The van der Waals surface area contributed by atoms with Gasteiger partial charge >= 0.3 is 0 Å². The molecule has 2 aromatic heterocycles. The first-order valence-corrected chi connectivity index (χ1v) is 11.3. The Bertz CT molecular complexity index is 1180. The second-order valence-electron chi connectivity index (χ2n) is 7.24. The minimum atomic E-state index is -0.262. The van der Waals surface area contributed by atoms with Gasteiger partial charge in [0.1, 0.15) is 11.6 Å². The SMILES string of the molecule is COCCCOc1ccnc(CSc2nc3cccc(Nc4ccc(F)cc4)c3[nH]2)c1C. The van der Waals surface area contributed by atoms with E-state index in [1.807, 2.05) is 31.2 Å². The van der Waals surface area contributed by atoms with Gasteiger partial charge in [0.2, 0.25) is 0 Å². The molecule has 8 heteroatoms. The number of nitrogens with one attached hydrogen (secondary N) is 2. The highest BCUT2D eigenvalue weighted by molar-refractivity contribution is 7.98. The summed E-state index contributed by atoms with van der Waals surface area (Å²) in [5.74, 6) is 1.26. The first kappa shape index (κ1) is 22.1. The molecule has 4 aromatic rings. The molecule has 2 N–H and O–H groups in total. The topological polar surface area (TPSA) is 72.1 Å². The molecule has 32 heavy (non-hydrogen) atoms. The molecular formula is C24H25FN4O2S. The van der Waals surface area contributed by atoms with Gasteiger partial charge in [0.15, 0.2) is 5.16 Å². The Hall–Kier alpha value is -3.10. The van der Waals surface area contributed by atoms with Crippen molar-refractivity contribution in [1.29, 1.82) is 0 Å². The maximum absolute atomic E-state index is 13.2. The van der Waals surface area contributed by atoms with Crippen LogP contribution in [0.1, 0.15) is 17.7 Å². The number of benzene rings is 2. The molecule has 2 aromatic carbocycles. The van der Waals surface area contributed by atoms with E-state index in [0.717, 1.165) is 51.0 Å². The lowest BCUT2D eigenvalue weighted by Crippen LogP contribution is -2.04. The zero-order chi connectivity index (χ0) is 22.3. The molecule has 166 valence electrons. The van der Waals surface area contributed by atoms with Crippen molar-refractivity contribution < 1.29 is 13.9 Å². The molecular weight excluding hydrogens is 427 g/mol. The molecule has 0 fully saturated rings. The van der Waals surface area contributed by atoms with Crippen molar-refractivity contribution >= 4 is 34.2 Å². The van der Waals surface area contributed by atoms with E-state index in [1.54, 1.807) is 37.2 Å². The second kappa shape index (κ2) is 10.5. The van der Waals surface area contributed by atoms with E-state index in [1.165, 1.54) is 12.1 Å². The smallest absolute Gasteiger partial charge is 0.166 e. The molecule has 6 nitrogen and oxygen atoms in total. The number of anilines is 2. The fourth-order valence-corrected chi connectivity index (χ4v) is 4.15. The van der Waals surface area contributed by atoms with Crippen LogP contribution in [0.25, 0.3) is 11.0 Å². The van der Waals surface area contributed by atoms with Gasteiger partial charge in [-0.25, -0.2) is 9.37 Å². The number of rotatable bonds is 10. The number of fused-ring (bicyclic) bond motifs is 1. The number of pyridine rings is 1. The van der Waals surface area contributed by atoms with Crippen molar-refractivity contribution in [1.82, 2.24) is 15.0 Å². The molecule has 0 aliphatic carbocycles. The quantitative estimate of drug-likeness (QED) is 0.232. The molecule has 0 aliphatic heterocycles. The van der Waals surface area contributed by atoms with E-state index >= 15 is 0 Å². The summed E-state index contributed by atoms with van der Waals surface area (Å²) in [6, 6.07) is 14.0. The van der Waals surface area contributed by atoms with Crippen LogP contribution in [0, 0.1) is 12.7 Å². The summed E-state index contributed by atoms with van der Waals surface area (Å²) in [6.45, 7) is 3.31. The third kappa shape index (κ3) is 5.38. The lowest BCUT2D eigenvalue weighted by molar-refractivity contribution is 0.172. The van der Waals surface area contributed by atoms with E-state index in [4.69, 9.17) is 14.5 Å². The van der Waals surface area contributed by atoms with E-state index in [0.29, 0.717) is 19.0 Å². The Morgan fingerprint density at radius 1 is 1.09 bits per heavy atom. The van der Waals surface area contributed by atoms with Gasteiger partial charge in [0.25, 0.3) is 0 Å². The number of nitrogens with zero attached hydrogens (tertiary/aromatic N) is 2. The Kier molecular flexibility index (Phi) is 7.24. The Morgan fingerprint density at radius 3 is 2.75 bits per heavy atom. The standard InChI is InChI=1S/C24H25FN4O2S/c1-16-21(26-12-11-22(16)31-14-4-13-30-2)15-32-24-28-20-6-3-5-19(23(20)29-24)27-18-9-7-17(25)8-10-18/h3,5-12,27H,4,13-15H2,1-2H3,(H,28,29). The summed E-state index contributed by atoms with van der Waals surface area (Å²) in [5, 5.41) is 4.13. The number of hydrogen-bond donors (Lipinski definition) is 2. The number of aromatic nitrogens is 3. The number of aromatic amines is 1. The van der Waals surface area contributed by atoms with Gasteiger partial charge in [-0.15, -0.1) is 0 Å². The van der Waals surface area contributed by atoms with Crippen molar-refractivity contribution in [2.45, 2.75) is 24.3 Å². The summed E-state index contributed by atoms with van der Waals surface area (Å²) in [4.78, 5) is 12.6. The molecule has 0 atom stereocenters. The fourth-order valence-electron chi connectivity index (χ4n) is 3.25. The Labute approximate surface area is 190 Å². The number of para-hydroxylation sites is 1. The van der Waals surface area contributed by atoms with Gasteiger partial charge in [0, 0.05) is 43.3 Å². The van der Waals surface area contributed by atoms with E-state index in [2.05, 4.69) is 15.3 Å². The summed E-state index contributed by atoms with van der Waals surface area (Å²) in [5.41, 5.74) is 5.45. The van der Waals surface area contributed by atoms with Crippen molar-refractivity contribution in [2.24, 2.45) is 0 Å². The van der Waals surface area contributed by atoms with Crippen molar-refractivity contribution in [3.05, 3.63) is 71.8 Å². The molecule has 0 aliphatic rings. The number of H-pyrrole nitrogens is 1. The molecule has 0 radical (unpaired) electrons. The van der Waals surface area contributed by atoms with Crippen LogP contribution in [0.4, 0.5) is 15.8 Å². The summed E-state index contributed by atoms with van der Waals surface area (Å²) >= 11 is 1.59. The van der Waals surface area contributed by atoms with Crippen LogP contribution in [0.2, 0.25) is 0 Å². The monoisotopic (exact) mass is 452 g/mol. The molecule has 4 rings (SSSR count). The van der Waals surface area contributed by atoms with Crippen molar-refractivity contribution in [2.75, 3.05) is 25.6 Å². The van der Waals surface area contributed by atoms with Gasteiger partial charge in [0.05, 0.1) is 29.0 Å². The van der Waals surface area contributed by atoms with E-state index in [9.17, 15) is 4.39 Å². The first-order chi connectivity index (χ1) is 15.6. The zero-order valence-electron chi connectivity index (χ0n) is 18.0. The number of thioether (sulfide) groups is 1. The third-order valence-electron chi connectivity index (χ3n) is 4.97. The first-order valence-electron chi connectivity index (χ1n) is 10.3. The van der Waals surface area contributed by atoms with Crippen LogP contribution in [0.5, 0.6) is 5.75 Å². The van der Waals surface area contributed by atoms with Crippen LogP contribution in [0.3, 0.4) is 0 Å². The summed E-state index contributed by atoms with van der Waals surface area (Å²) < 4.78 is 24.1. The number of ether oxygens (including phenoxy) is 2. The minimum absolute atomic E-state index is 0.262. The molecule has 0 unspecified atom stereocenters. The number of imidazole rings is 1. The highest BCUT2D eigenvalue weighted by atomic mass is 32.2. The second-order valence-corrected chi connectivity index (χ2v) is 8.20. The summed E-state index contributed by atoms with van der Waals surface area (Å²) in [6.07, 6.45) is 2.62. The van der Waals surface area contributed by atoms with Gasteiger partial charge in [-0.2, -0.15) is 0 Å². The summed E-state index contributed by atoms with van der Waals surface area (Å²) in [7, 11) is 1.69. The van der Waals surface area contributed by atoms with Crippen molar-refractivity contribution in [3.8, 4) is 5.75 Å². The minimum Gasteiger partial charge on any atom is -0.493 e. The van der Waals surface area contributed by atoms with Crippen LogP contribution < -0.4 is 10.1 Å². The van der Waals surface area contributed by atoms with Gasteiger partial charge in [-0.05, 0) is 49.4 Å². The third-order valence-corrected chi connectivity index (χ3v) is 5.86. The number of methoxy groups -OCH3 is 1. The lowest BCUT2D eigenvalue weighted by Gasteiger charge is -2.11. The van der Waals surface area contributed by atoms with Gasteiger partial charge < -0.3 is 19.8 Å². The normalized spacial score (nSPS) is 11.1. The van der Waals surface area contributed by atoms with Crippen LogP contribution in [-0.2, 0) is 10.5 Å². The average Bonchev–Trinajstić information content (AvgIpc) is 3.22. The highest BCUT2D eigenvalue weighted by Crippen LogP contribution is 2.30. The maximum Gasteiger partial charge on any atom is 0.166 e. The molecule has 0 spiro atoms. The van der Waals surface area contributed by atoms with E-state index in [-0.39, 0.29) is 5.82 Å². The number of hydrogen-bond acceptors (Lipinski definition) is 6. The zero-order valence-corrected chi connectivity index (χ0v) is 18.8. The molecule has 2 heterocycles. The Morgan fingerprint density at radius 2 is 1.94 bits per heavy atom. The average molecular weight is 453 g/mol. The fraction of sp³-hybridized carbons (Fsp3) is 0.250. The molecule has 0 saturated carbocycles. The predicted molar refractivity (Wildman–Crippen MR) is 126 cm³/mol. The maximum atomic E-state index is 13.2. The van der Waals surface area contributed by atoms with Gasteiger partial charge in [-0.3, -0.25) is 4.98 Å². The highest BCUT2D eigenvalue weighted by Gasteiger charge is 2.11. The molecule has 0 bridgehead atoms. The van der Waals surface area contributed by atoms with Crippen LogP contribution >= 0.6 is 11.8 Å². The van der Waals surface area contributed by atoms with Crippen LogP contribution in [-0.4, -0.2) is 35.3 Å². The number of halogens is 1. The van der Waals surface area contributed by atoms with Gasteiger partial charge in [-0.1, -0.05) is 17.8 Å². The largest absolute Gasteiger partial charge is 0.493 e. The molecule has 0 saturated heterocycles. The Balaban J connectivity index is 1.45. The van der Waals surface area contributed by atoms with E-state index < -0.39 is 0 Å². The van der Waals surface area contributed by atoms with Crippen LogP contribution in [0.15, 0.2) is 59.9 Å².